The lowest BCUT2D eigenvalue weighted by Gasteiger charge is -2.26. The van der Waals surface area contributed by atoms with Crippen LogP contribution in [-0.2, 0) is 13.2 Å². The van der Waals surface area contributed by atoms with Crippen molar-refractivity contribution in [2.75, 3.05) is 0 Å². The molecule has 0 fully saturated rings. The van der Waals surface area contributed by atoms with Gasteiger partial charge < -0.3 is 10.8 Å². The van der Waals surface area contributed by atoms with Crippen LogP contribution in [0.15, 0.2) is 30.3 Å². The molecule has 0 saturated carbocycles. The highest BCUT2D eigenvalue weighted by Gasteiger charge is 2.26. The Labute approximate surface area is 157 Å². The smallest absolute Gasteiger partial charge is 0.133 e. The molecule has 1 atom stereocenters. The minimum atomic E-state index is -0.291. The van der Waals surface area contributed by atoms with Crippen LogP contribution in [0.25, 0.3) is 0 Å². The van der Waals surface area contributed by atoms with E-state index >= 15 is 4.39 Å². The molecule has 0 amide bonds. The highest BCUT2D eigenvalue weighted by molar-refractivity contribution is 5.48. The Hall–Kier alpha value is -1.71. The van der Waals surface area contributed by atoms with E-state index in [9.17, 15) is 5.11 Å². The largest absolute Gasteiger partial charge is 0.392 e. The van der Waals surface area contributed by atoms with Crippen LogP contribution in [0.5, 0.6) is 0 Å². The second-order valence-corrected chi connectivity index (χ2v) is 7.52. The fourth-order valence-corrected chi connectivity index (χ4v) is 3.62. The molecule has 0 bridgehead atoms. The molecule has 3 N–H and O–H groups in total. The number of hydrogen-bond acceptors (Lipinski definition) is 2. The zero-order valence-corrected chi connectivity index (χ0v) is 16.3. The van der Waals surface area contributed by atoms with Crippen molar-refractivity contribution in [1.29, 1.82) is 0 Å². The molecule has 1 radical (unpaired) electrons. The number of aliphatic hydroxyl groups is 1. The molecule has 0 heterocycles. The van der Waals surface area contributed by atoms with E-state index in [1.807, 2.05) is 38.1 Å². The molecule has 2 nitrogen and oxygen atoms in total. The molecule has 0 aliphatic rings. The molecule has 0 aliphatic heterocycles. The van der Waals surface area contributed by atoms with Gasteiger partial charge in [0.2, 0.25) is 0 Å². The zero-order valence-electron chi connectivity index (χ0n) is 16.3. The van der Waals surface area contributed by atoms with Crippen molar-refractivity contribution < 1.29 is 9.50 Å². The minimum absolute atomic E-state index is 0.147. The van der Waals surface area contributed by atoms with Gasteiger partial charge in [0.25, 0.3) is 0 Å². The van der Waals surface area contributed by atoms with Crippen molar-refractivity contribution in [2.24, 2.45) is 5.73 Å². The highest BCUT2D eigenvalue weighted by atomic mass is 19.1. The van der Waals surface area contributed by atoms with Gasteiger partial charge in [-0.15, -0.1) is 0 Å². The Morgan fingerprint density at radius 3 is 2.04 bits per heavy atom. The van der Waals surface area contributed by atoms with Crippen molar-refractivity contribution in [3.8, 4) is 0 Å². The van der Waals surface area contributed by atoms with Gasteiger partial charge in [-0.2, -0.15) is 0 Å². The number of aliphatic hydroxyl groups excluding tert-OH is 1. The Kier molecular flexibility index (Phi) is 6.96. The van der Waals surface area contributed by atoms with Crippen LogP contribution >= 0.6 is 0 Å². The van der Waals surface area contributed by atoms with Crippen LogP contribution in [0.1, 0.15) is 85.3 Å². The third kappa shape index (κ3) is 3.99. The van der Waals surface area contributed by atoms with E-state index in [2.05, 4.69) is 26.8 Å². The van der Waals surface area contributed by atoms with Crippen LogP contribution in [0.4, 0.5) is 4.39 Å². The maximum Gasteiger partial charge on any atom is 0.133 e. The monoisotopic (exact) mass is 356 g/mol. The van der Waals surface area contributed by atoms with E-state index in [0.717, 1.165) is 22.3 Å². The summed E-state index contributed by atoms with van der Waals surface area (Å²) in [6, 6.07) is 10.1. The number of rotatable bonds is 7. The first-order valence-electron chi connectivity index (χ1n) is 9.39. The topological polar surface area (TPSA) is 46.2 Å². The van der Waals surface area contributed by atoms with E-state index in [0.29, 0.717) is 24.1 Å². The van der Waals surface area contributed by atoms with Crippen molar-refractivity contribution in [3.05, 3.63) is 76.5 Å². The first-order chi connectivity index (χ1) is 12.3. The lowest BCUT2D eigenvalue weighted by atomic mass is 9.79. The van der Waals surface area contributed by atoms with Gasteiger partial charge in [0.15, 0.2) is 0 Å². The van der Waals surface area contributed by atoms with Crippen molar-refractivity contribution in [2.45, 2.75) is 65.0 Å². The van der Waals surface area contributed by atoms with Gasteiger partial charge in [-0.1, -0.05) is 65.0 Å². The molecule has 2 rings (SSSR count). The van der Waals surface area contributed by atoms with Gasteiger partial charge in [-0.3, -0.25) is 0 Å². The predicted octanol–water partition coefficient (Wildman–Crippen LogP) is 5.38. The van der Waals surface area contributed by atoms with Crippen LogP contribution in [0.2, 0.25) is 0 Å². The fraction of sp³-hybridized carbons (Fsp3) is 0.435. The summed E-state index contributed by atoms with van der Waals surface area (Å²) in [6.45, 7) is 12.5. The second kappa shape index (κ2) is 8.79. The molecule has 0 spiro atoms. The zero-order chi connectivity index (χ0) is 19.4. The lowest BCUT2D eigenvalue weighted by molar-refractivity contribution is 0.273. The summed E-state index contributed by atoms with van der Waals surface area (Å²) in [7, 11) is 0. The average molecular weight is 357 g/mol. The number of nitrogens with two attached hydrogens (primary N) is 1. The molecule has 0 saturated heterocycles. The summed E-state index contributed by atoms with van der Waals surface area (Å²) < 4.78 is 15.6. The maximum atomic E-state index is 15.6. The Morgan fingerprint density at radius 1 is 1.04 bits per heavy atom. The molecular weight excluding hydrogens is 325 g/mol. The molecule has 0 aliphatic carbocycles. The van der Waals surface area contributed by atoms with E-state index in [4.69, 9.17) is 5.73 Å². The molecule has 141 valence electrons. The molecule has 26 heavy (non-hydrogen) atoms. The third-order valence-electron chi connectivity index (χ3n) is 5.13. The summed E-state index contributed by atoms with van der Waals surface area (Å²) in [5.74, 6) is -0.0907. The minimum Gasteiger partial charge on any atom is -0.392 e. The van der Waals surface area contributed by atoms with Crippen molar-refractivity contribution in [3.63, 3.8) is 0 Å². The SMILES string of the molecule is [CH2]CC(c1ccc(CN)cc1)c1c(C(C)C)cc(C(C)C)c(CO)c1F. The summed E-state index contributed by atoms with van der Waals surface area (Å²) in [4.78, 5) is 0. The van der Waals surface area contributed by atoms with Gasteiger partial charge >= 0.3 is 0 Å². The van der Waals surface area contributed by atoms with E-state index in [-0.39, 0.29) is 30.2 Å². The predicted molar refractivity (Wildman–Crippen MR) is 107 cm³/mol. The molecule has 2 aromatic carbocycles. The van der Waals surface area contributed by atoms with Crippen LogP contribution in [-0.4, -0.2) is 5.11 Å². The molecule has 2 aromatic rings. The molecule has 1 unspecified atom stereocenters. The number of hydrogen-bond donors (Lipinski definition) is 2. The Balaban J connectivity index is 2.70. The second-order valence-electron chi connectivity index (χ2n) is 7.52. The van der Waals surface area contributed by atoms with Crippen LogP contribution in [0.3, 0.4) is 0 Å². The van der Waals surface area contributed by atoms with Gasteiger partial charge in [-0.05, 0) is 46.1 Å². The standard InChI is InChI=1S/C23H31FNO/c1-6-18(17-9-7-16(12-25)8-10-17)22-20(15(4)5)11-19(14(2)3)21(13-26)23(22)24/h7-11,14-15,18,26H,1,6,12-13,25H2,2-5H3. The molecular formula is C23H31FNO. The summed E-state index contributed by atoms with van der Waals surface area (Å²) in [5, 5.41) is 9.83. The Bertz CT molecular complexity index is 735. The van der Waals surface area contributed by atoms with Crippen molar-refractivity contribution in [1.82, 2.24) is 0 Å². The Morgan fingerprint density at radius 2 is 1.62 bits per heavy atom. The molecule has 0 aromatic heterocycles. The van der Waals surface area contributed by atoms with Gasteiger partial charge in [0.05, 0.1) is 6.61 Å². The molecule has 3 heteroatoms. The maximum absolute atomic E-state index is 15.6. The van der Waals surface area contributed by atoms with Crippen LogP contribution < -0.4 is 5.73 Å². The van der Waals surface area contributed by atoms with Crippen molar-refractivity contribution >= 4 is 0 Å². The van der Waals surface area contributed by atoms with Gasteiger partial charge in [-0.25, -0.2) is 4.39 Å². The van der Waals surface area contributed by atoms with E-state index in [1.165, 1.54) is 0 Å². The summed E-state index contributed by atoms with van der Waals surface area (Å²) in [5.41, 5.74) is 10.7. The fourth-order valence-electron chi connectivity index (χ4n) is 3.62. The van der Waals surface area contributed by atoms with E-state index < -0.39 is 0 Å². The quantitative estimate of drug-likeness (QED) is 0.699. The van der Waals surface area contributed by atoms with Crippen LogP contribution in [0, 0.1) is 12.7 Å². The number of benzene rings is 2. The highest BCUT2D eigenvalue weighted by Crippen LogP contribution is 2.39. The first kappa shape index (κ1) is 20.6. The summed E-state index contributed by atoms with van der Waals surface area (Å²) in [6.07, 6.45) is 0.546. The normalized spacial score (nSPS) is 12.8. The van der Waals surface area contributed by atoms with E-state index in [1.54, 1.807) is 0 Å². The first-order valence-corrected chi connectivity index (χ1v) is 9.39. The number of halogens is 1. The lowest BCUT2D eigenvalue weighted by Crippen LogP contribution is -2.13. The van der Waals surface area contributed by atoms with Gasteiger partial charge in [0, 0.05) is 18.0 Å². The third-order valence-corrected chi connectivity index (χ3v) is 5.13. The summed E-state index contributed by atoms with van der Waals surface area (Å²) >= 11 is 0. The average Bonchev–Trinajstić information content (AvgIpc) is 2.63. The van der Waals surface area contributed by atoms with Gasteiger partial charge in [0.1, 0.15) is 5.82 Å².